The van der Waals surface area contributed by atoms with Crippen LogP contribution in [0.4, 0.5) is 4.39 Å². The quantitative estimate of drug-likeness (QED) is 0.785. The van der Waals surface area contributed by atoms with Crippen molar-refractivity contribution >= 4 is 11.6 Å². The lowest BCUT2D eigenvalue weighted by Gasteiger charge is -2.01. The van der Waals surface area contributed by atoms with E-state index in [0.29, 0.717) is 22.7 Å². The molecule has 0 fully saturated rings. The minimum atomic E-state index is -0.519. The summed E-state index contributed by atoms with van der Waals surface area (Å²) in [4.78, 5) is 4.40. The molecule has 8 heteroatoms. The second-order valence-corrected chi connectivity index (χ2v) is 5.56. The van der Waals surface area contributed by atoms with Crippen molar-refractivity contribution in [2.75, 3.05) is 0 Å². The molecule has 2 heterocycles. The van der Waals surface area contributed by atoms with Gasteiger partial charge in [0.05, 0.1) is 5.02 Å². The fraction of sp³-hybridized carbons (Fsp3) is 0.200. The number of aromatic nitrogens is 4. The van der Waals surface area contributed by atoms with Crippen LogP contribution in [0.2, 0.25) is 5.02 Å². The van der Waals surface area contributed by atoms with Crippen LogP contribution in [0, 0.1) is 17.1 Å². The van der Waals surface area contributed by atoms with Crippen LogP contribution in [0.3, 0.4) is 0 Å². The Morgan fingerprint density at radius 3 is 2.74 bits per heavy atom. The highest BCUT2D eigenvalue weighted by atomic mass is 35.5. The van der Waals surface area contributed by atoms with Crippen LogP contribution in [-0.2, 0) is 0 Å². The van der Waals surface area contributed by atoms with Gasteiger partial charge < -0.3 is 4.42 Å². The van der Waals surface area contributed by atoms with Crippen molar-refractivity contribution in [1.82, 2.24) is 20.4 Å². The van der Waals surface area contributed by atoms with Gasteiger partial charge in [-0.1, -0.05) is 25.4 Å². The summed E-state index contributed by atoms with van der Waals surface area (Å²) < 4.78 is 19.1. The summed E-state index contributed by atoms with van der Waals surface area (Å²) in [5, 5.41) is 19.2. The van der Waals surface area contributed by atoms with Crippen molar-refractivity contribution in [3.63, 3.8) is 0 Å². The van der Waals surface area contributed by atoms with Crippen molar-refractivity contribution in [3.05, 3.63) is 40.5 Å². The van der Waals surface area contributed by atoms with Gasteiger partial charge in [-0.25, -0.2) is 9.37 Å². The number of nitrogens with one attached hydrogen (secondary N) is 1. The lowest BCUT2D eigenvalue weighted by atomic mass is 10.1. The van der Waals surface area contributed by atoms with Gasteiger partial charge in [-0.2, -0.15) is 15.6 Å². The SMILES string of the molecule is CC(C)c1oc(-c2ccc(F)c(Cl)c2)nc1-c1n[nH]nc1C#N. The summed E-state index contributed by atoms with van der Waals surface area (Å²) in [6.45, 7) is 3.86. The van der Waals surface area contributed by atoms with Gasteiger partial charge in [0.15, 0.2) is 11.4 Å². The Bertz CT molecular complexity index is 909. The molecular weight excluding hydrogens is 321 g/mol. The zero-order valence-electron chi connectivity index (χ0n) is 12.3. The summed E-state index contributed by atoms with van der Waals surface area (Å²) in [7, 11) is 0. The predicted molar refractivity (Wildman–Crippen MR) is 81.1 cm³/mol. The molecule has 0 unspecified atom stereocenters. The van der Waals surface area contributed by atoms with Crippen LogP contribution in [0.15, 0.2) is 22.6 Å². The largest absolute Gasteiger partial charge is 0.440 e. The van der Waals surface area contributed by atoms with Gasteiger partial charge in [-0.15, -0.1) is 5.10 Å². The number of nitrogens with zero attached hydrogens (tertiary/aromatic N) is 4. The van der Waals surface area contributed by atoms with Crippen LogP contribution >= 0.6 is 11.6 Å². The summed E-state index contributed by atoms with van der Waals surface area (Å²) in [5.74, 6) is 0.322. The first kappa shape index (κ1) is 15.2. The third kappa shape index (κ3) is 2.69. The number of benzene rings is 1. The van der Waals surface area contributed by atoms with Crippen LogP contribution in [0.25, 0.3) is 22.8 Å². The Hall–Kier alpha value is -2.72. The Balaban J connectivity index is 2.16. The number of H-pyrrole nitrogens is 1. The molecule has 0 bridgehead atoms. The van der Waals surface area contributed by atoms with Crippen LogP contribution < -0.4 is 0 Å². The molecule has 2 aromatic heterocycles. The fourth-order valence-electron chi connectivity index (χ4n) is 2.12. The molecule has 0 atom stereocenters. The highest BCUT2D eigenvalue weighted by Crippen LogP contribution is 2.34. The second kappa shape index (κ2) is 5.82. The Morgan fingerprint density at radius 1 is 1.30 bits per heavy atom. The van der Waals surface area contributed by atoms with Crippen LogP contribution in [-0.4, -0.2) is 20.4 Å². The fourth-order valence-corrected chi connectivity index (χ4v) is 2.30. The van der Waals surface area contributed by atoms with Gasteiger partial charge in [0, 0.05) is 11.5 Å². The van der Waals surface area contributed by atoms with Gasteiger partial charge >= 0.3 is 0 Å². The molecule has 0 radical (unpaired) electrons. The zero-order valence-corrected chi connectivity index (χ0v) is 13.0. The maximum absolute atomic E-state index is 13.3. The van der Waals surface area contributed by atoms with Gasteiger partial charge in [0.2, 0.25) is 5.89 Å². The molecule has 116 valence electrons. The predicted octanol–water partition coefficient (Wildman–Crippen LogP) is 3.91. The first-order chi connectivity index (χ1) is 11.0. The van der Waals surface area contributed by atoms with Crippen molar-refractivity contribution in [2.45, 2.75) is 19.8 Å². The number of oxazole rings is 1. The van der Waals surface area contributed by atoms with Gasteiger partial charge in [0.25, 0.3) is 0 Å². The monoisotopic (exact) mass is 331 g/mol. The Morgan fingerprint density at radius 2 is 2.09 bits per heavy atom. The van der Waals surface area contributed by atoms with E-state index in [0.717, 1.165) is 0 Å². The summed E-state index contributed by atoms with van der Waals surface area (Å²) >= 11 is 5.81. The van der Waals surface area contributed by atoms with E-state index in [1.165, 1.54) is 18.2 Å². The lowest BCUT2D eigenvalue weighted by Crippen LogP contribution is -1.91. The highest BCUT2D eigenvalue weighted by Gasteiger charge is 2.23. The van der Waals surface area contributed by atoms with E-state index in [1.54, 1.807) is 0 Å². The molecule has 3 rings (SSSR count). The Labute approximate surface area is 135 Å². The van der Waals surface area contributed by atoms with Crippen molar-refractivity contribution in [1.29, 1.82) is 5.26 Å². The molecule has 1 aromatic carbocycles. The molecule has 0 aliphatic rings. The molecule has 0 amide bonds. The zero-order chi connectivity index (χ0) is 16.6. The van der Waals surface area contributed by atoms with E-state index in [2.05, 4.69) is 20.4 Å². The summed E-state index contributed by atoms with van der Waals surface area (Å²) in [6, 6.07) is 6.15. The van der Waals surface area contributed by atoms with E-state index >= 15 is 0 Å². The van der Waals surface area contributed by atoms with Crippen molar-refractivity contribution < 1.29 is 8.81 Å². The highest BCUT2D eigenvalue weighted by molar-refractivity contribution is 6.31. The molecule has 0 saturated heterocycles. The number of hydrogen-bond acceptors (Lipinski definition) is 5. The van der Waals surface area contributed by atoms with E-state index in [4.69, 9.17) is 21.3 Å². The molecule has 23 heavy (non-hydrogen) atoms. The standard InChI is InChI=1S/C15H11ClFN5O/c1-7(2)14-13(12-11(6-18)20-22-21-12)19-15(23-14)8-3-4-10(17)9(16)5-8/h3-5,7H,1-2H3,(H,20,21,22). The average Bonchev–Trinajstić information content (AvgIpc) is 3.15. The van der Waals surface area contributed by atoms with E-state index in [1.807, 2.05) is 19.9 Å². The number of hydrogen-bond donors (Lipinski definition) is 1. The number of halogens is 2. The third-order valence-corrected chi connectivity index (χ3v) is 3.51. The number of aromatic amines is 1. The van der Waals surface area contributed by atoms with E-state index in [-0.39, 0.29) is 22.5 Å². The minimum Gasteiger partial charge on any atom is -0.440 e. The normalized spacial score (nSPS) is 11.0. The molecule has 6 nitrogen and oxygen atoms in total. The first-order valence-corrected chi connectivity index (χ1v) is 7.16. The van der Waals surface area contributed by atoms with E-state index < -0.39 is 5.82 Å². The van der Waals surface area contributed by atoms with Gasteiger partial charge in [-0.05, 0) is 18.2 Å². The van der Waals surface area contributed by atoms with Crippen molar-refractivity contribution in [3.8, 4) is 28.9 Å². The van der Waals surface area contributed by atoms with Crippen LogP contribution in [0.1, 0.15) is 31.2 Å². The lowest BCUT2D eigenvalue weighted by molar-refractivity contribution is 0.496. The van der Waals surface area contributed by atoms with Crippen LogP contribution in [0.5, 0.6) is 0 Å². The summed E-state index contributed by atoms with van der Waals surface area (Å²) in [5.41, 5.74) is 1.41. The number of nitriles is 1. The average molecular weight is 332 g/mol. The minimum absolute atomic E-state index is 0.00501. The smallest absolute Gasteiger partial charge is 0.226 e. The summed E-state index contributed by atoms with van der Waals surface area (Å²) in [6.07, 6.45) is 0. The topological polar surface area (TPSA) is 91.4 Å². The Kier molecular flexibility index (Phi) is 3.84. The maximum atomic E-state index is 13.3. The first-order valence-electron chi connectivity index (χ1n) is 6.78. The third-order valence-electron chi connectivity index (χ3n) is 3.22. The molecule has 0 saturated carbocycles. The van der Waals surface area contributed by atoms with Gasteiger partial charge in [0.1, 0.15) is 23.3 Å². The molecule has 3 aromatic rings. The molecule has 0 aliphatic heterocycles. The van der Waals surface area contributed by atoms with Crippen molar-refractivity contribution in [2.24, 2.45) is 0 Å². The second-order valence-electron chi connectivity index (χ2n) is 5.15. The maximum Gasteiger partial charge on any atom is 0.226 e. The molecule has 1 N–H and O–H groups in total. The molecular formula is C15H11ClFN5O. The molecule has 0 spiro atoms. The van der Waals surface area contributed by atoms with Gasteiger partial charge in [-0.3, -0.25) is 0 Å². The molecule has 0 aliphatic carbocycles. The number of rotatable bonds is 3. The van der Waals surface area contributed by atoms with E-state index in [9.17, 15) is 4.39 Å².